The monoisotopic (exact) mass is 596 g/mol. The molecule has 0 bridgehead atoms. The first-order chi connectivity index (χ1) is 19.0. The Hall–Kier alpha value is -3.39. The molecule has 2 aliphatic rings. The van der Waals surface area contributed by atoms with Crippen LogP contribution in [0.15, 0.2) is 77.9 Å². The van der Waals surface area contributed by atoms with Crippen LogP contribution < -0.4 is 10.6 Å². The number of aryl methyl sites for hydroxylation is 1. The Balaban J connectivity index is 0.00000231. The number of esters is 1. The number of piperazine rings is 1. The van der Waals surface area contributed by atoms with Crippen molar-refractivity contribution in [3.05, 3.63) is 101 Å². The summed E-state index contributed by atoms with van der Waals surface area (Å²) in [6, 6.07) is 23.5. The second kappa shape index (κ2) is 15.0. The number of carbonyl (C=O) groups is 2. The Labute approximate surface area is 254 Å². The zero-order valence-electron chi connectivity index (χ0n) is 23.3. The van der Waals surface area contributed by atoms with Crippen LogP contribution >= 0.6 is 24.8 Å². The van der Waals surface area contributed by atoms with Crippen molar-refractivity contribution < 1.29 is 14.3 Å². The average Bonchev–Trinajstić information content (AvgIpc) is 2.98. The van der Waals surface area contributed by atoms with Crippen LogP contribution in [0.2, 0.25) is 0 Å². The van der Waals surface area contributed by atoms with E-state index in [0.717, 1.165) is 55.7 Å². The number of nitrogens with two attached hydrogens (primary N) is 1. The van der Waals surface area contributed by atoms with Crippen molar-refractivity contribution in [2.24, 2.45) is 16.8 Å². The summed E-state index contributed by atoms with van der Waals surface area (Å²) in [6.45, 7) is 5.77. The smallest absolute Gasteiger partial charge is 0.306 e. The quantitative estimate of drug-likeness (QED) is 0.212. The number of halogens is 2. The normalized spacial score (nSPS) is 18.2. The van der Waals surface area contributed by atoms with Crippen LogP contribution in [0, 0.1) is 5.92 Å². The predicted octanol–water partition coefficient (Wildman–Crippen LogP) is 5.43. The molecule has 1 heterocycles. The van der Waals surface area contributed by atoms with Gasteiger partial charge in [-0.15, -0.1) is 24.8 Å². The highest BCUT2D eigenvalue weighted by Crippen LogP contribution is 2.35. The van der Waals surface area contributed by atoms with E-state index < -0.39 is 0 Å². The predicted molar refractivity (Wildman–Crippen MR) is 169 cm³/mol. The van der Waals surface area contributed by atoms with Gasteiger partial charge in [0.25, 0.3) is 0 Å². The number of hydrazone groups is 1. The maximum Gasteiger partial charge on any atom is 0.306 e. The molecular weight excluding hydrogens is 559 g/mol. The standard InChI is InChI=1S/C32H36N4O3.2ClH/c1-2-39-30(37)21-26-14-12-24-13-15-27(20-29(24)31(26)33)32(38)25-10-8-23(9-11-25)22-34-36-18-16-35(17-19-36)28-6-4-3-5-7-28;;/h3-11,13,15,20,22,26,31H,2,12,14,16-19,21,33H2,1H3;2*1H. The van der Waals surface area contributed by atoms with Crippen LogP contribution in [0.5, 0.6) is 0 Å². The molecule has 1 saturated heterocycles. The number of para-hydroxylation sites is 1. The van der Waals surface area contributed by atoms with Crippen LogP contribution in [-0.4, -0.2) is 55.8 Å². The molecule has 0 aromatic heterocycles. The van der Waals surface area contributed by atoms with Crippen LogP contribution in [0.3, 0.4) is 0 Å². The molecule has 9 heteroatoms. The van der Waals surface area contributed by atoms with Crippen molar-refractivity contribution in [1.29, 1.82) is 0 Å². The highest BCUT2D eigenvalue weighted by Gasteiger charge is 2.29. The fraction of sp³-hybridized carbons (Fsp3) is 0.344. The second-order valence-corrected chi connectivity index (χ2v) is 10.2. The van der Waals surface area contributed by atoms with Gasteiger partial charge in [0, 0.05) is 35.9 Å². The fourth-order valence-electron chi connectivity index (χ4n) is 5.46. The lowest BCUT2D eigenvalue weighted by atomic mass is 9.77. The number of fused-ring (bicyclic) bond motifs is 1. The van der Waals surface area contributed by atoms with E-state index in [0.29, 0.717) is 24.2 Å². The van der Waals surface area contributed by atoms with Crippen molar-refractivity contribution in [2.45, 2.75) is 32.2 Å². The molecule has 7 nitrogen and oxygen atoms in total. The Morgan fingerprint density at radius 1 is 0.951 bits per heavy atom. The van der Waals surface area contributed by atoms with Gasteiger partial charge in [0.05, 0.1) is 32.3 Å². The number of benzene rings is 3. The lowest BCUT2D eigenvalue weighted by Gasteiger charge is -2.34. The minimum absolute atomic E-state index is 0. The Morgan fingerprint density at radius 3 is 2.32 bits per heavy atom. The average molecular weight is 598 g/mol. The van der Waals surface area contributed by atoms with Gasteiger partial charge in [-0.1, -0.05) is 54.6 Å². The van der Waals surface area contributed by atoms with E-state index in [-0.39, 0.29) is 48.5 Å². The summed E-state index contributed by atoms with van der Waals surface area (Å²) >= 11 is 0. The van der Waals surface area contributed by atoms with E-state index in [2.05, 4.69) is 39.3 Å². The first kappa shape index (κ1) is 32.1. The molecule has 0 spiro atoms. The third-order valence-corrected chi connectivity index (χ3v) is 7.71. The topological polar surface area (TPSA) is 88.2 Å². The van der Waals surface area contributed by atoms with Crippen molar-refractivity contribution in [3.63, 3.8) is 0 Å². The van der Waals surface area contributed by atoms with Gasteiger partial charge in [-0.05, 0) is 60.6 Å². The minimum atomic E-state index is -0.293. The van der Waals surface area contributed by atoms with E-state index in [4.69, 9.17) is 10.5 Å². The summed E-state index contributed by atoms with van der Waals surface area (Å²) in [5.74, 6) is -0.244. The molecule has 0 radical (unpaired) electrons. The first-order valence-electron chi connectivity index (χ1n) is 13.8. The van der Waals surface area contributed by atoms with E-state index in [1.807, 2.05) is 54.7 Å². The zero-order valence-corrected chi connectivity index (χ0v) is 24.9. The summed E-state index contributed by atoms with van der Waals surface area (Å²) in [5.41, 5.74) is 12.1. The number of rotatable bonds is 8. The molecule has 41 heavy (non-hydrogen) atoms. The number of anilines is 1. The van der Waals surface area contributed by atoms with Gasteiger partial charge in [-0.3, -0.25) is 14.6 Å². The van der Waals surface area contributed by atoms with Crippen LogP contribution in [0.25, 0.3) is 0 Å². The van der Waals surface area contributed by atoms with Gasteiger partial charge in [-0.25, -0.2) is 0 Å². The molecule has 2 N–H and O–H groups in total. The second-order valence-electron chi connectivity index (χ2n) is 10.2. The molecule has 1 fully saturated rings. The number of ether oxygens (including phenoxy) is 1. The summed E-state index contributed by atoms with van der Waals surface area (Å²) < 4.78 is 5.12. The van der Waals surface area contributed by atoms with E-state index in [9.17, 15) is 9.59 Å². The molecule has 0 amide bonds. The summed E-state index contributed by atoms with van der Waals surface area (Å²) in [7, 11) is 0. The lowest BCUT2D eigenvalue weighted by Crippen LogP contribution is -2.44. The van der Waals surface area contributed by atoms with E-state index in [1.165, 1.54) is 5.69 Å². The first-order valence-corrected chi connectivity index (χ1v) is 13.8. The fourth-order valence-corrected chi connectivity index (χ4v) is 5.46. The van der Waals surface area contributed by atoms with Crippen molar-refractivity contribution in [3.8, 4) is 0 Å². The molecule has 2 unspecified atom stereocenters. The highest BCUT2D eigenvalue weighted by atomic mass is 35.5. The molecule has 1 aliphatic heterocycles. The maximum absolute atomic E-state index is 13.3. The van der Waals surface area contributed by atoms with Crippen LogP contribution in [0.4, 0.5) is 5.69 Å². The molecule has 0 saturated carbocycles. The van der Waals surface area contributed by atoms with E-state index in [1.54, 1.807) is 6.92 Å². The molecule has 5 rings (SSSR count). The highest BCUT2D eigenvalue weighted by molar-refractivity contribution is 6.09. The molecule has 218 valence electrons. The van der Waals surface area contributed by atoms with Gasteiger partial charge in [0.2, 0.25) is 0 Å². The molecule has 1 aliphatic carbocycles. The van der Waals surface area contributed by atoms with Gasteiger partial charge >= 0.3 is 5.97 Å². The number of nitrogens with zero attached hydrogens (tertiary/aromatic N) is 3. The third kappa shape index (κ3) is 7.88. The van der Waals surface area contributed by atoms with E-state index >= 15 is 0 Å². The summed E-state index contributed by atoms with van der Waals surface area (Å²) in [4.78, 5) is 27.7. The number of hydrogen-bond donors (Lipinski definition) is 1. The van der Waals surface area contributed by atoms with Gasteiger partial charge in [0.15, 0.2) is 5.78 Å². The van der Waals surface area contributed by atoms with Crippen molar-refractivity contribution in [2.75, 3.05) is 37.7 Å². The van der Waals surface area contributed by atoms with Gasteiger partial charge in [-0.2, -0.15) is 5.10 Å². The van der Waals surface area contributed by atoms with Crippen LogP contribution in [0.1, 0.15) is 58.4 Å². The number of hydrogen-bond acceptors (Lipinski definition) is 7. The number of ketones is 1. The largest absolute Gasteiger partial charge is 0.466 e. The number of carbonyl (C=O) groups excluding carboxylic acids is 2. The molecule has 2 atom stereocenters. The maximum atomic E-state index is 13.3. The van der Waals surface area contributed by atoms with Crippen molar-refractivity contribution in [1.82, 2.24) is 5.01 Å². The Kier molecular flexibility index (Phi) is 11.8. The Morgan fingerprint density at radius 2 is 1.63 bits per heavy atom. The van der Waals surface area contributed by atoms with Crippen LogP contribution in [-0.2, 0) is 16.0 Å². The summed E-state index contributed by atoms with van der Waals surface area (Å²) in [6.07, 6.45) is 3.84. The SMILES string of the molecule is CCOC(=O)CC1CCc2ccc(C(=O)c3ccc(C=NN4CCN(c5ccccc5)CC4)cc3)cc2C1N.Cl.Cl. The molecule has 3 aromatic rings. The van der Waals surface area contributed by atoms with Crippen molar-refractivity contribution >= 4 is 48.5 Å². The lowest BCUT2D eigenvalue weighted by molar-refractivity contribution is -0.144. The molecule has 3 aromatic carbocycles. The minimum Gasteiger partial charge on any atom is -0.466 e. The Bertz CT molecular complexity index is 1330. The third-order valence-electron chi connectivity index (χ3n) is 7.71. The van der Waals surface area contributed by atoms with Gasteiger partial charge in [0.1, 0.15) is 0 Å². The zero-order chi connectivity index (χ0) is 27.2. The molecular formula is C32H38Cl2N4O3. The summed E-state index contributed by atoms with van der Waals surface area (Å²) in [5, 5.41) is 6.75. The van der Waals surface area contributed by atoms with Gasteiger partial charge < -0.3 is 15.4 Å².